The van der Waals surface area contributed by atoms with Crippen molar-refractivity contribution in [3.63, 3.8) is 0 Å². The number of aliphatic imine (C=N–C) groups is 1. The van der Waals surface area contributed by atoms with Crippen molar-refractivity contribution in [3.8, 4) is 0 Å². The van der Waals surface area contributed by atoms with Gasteiger partial charge in [0.25, 0.3) is 0 Å². The zero-order valence-corrected chi connectivity index (χ0v) is 17.6. The number of hydrogen-bond donors (Lipinski definition) is 3. The average molecular weight is 463 g/mol. The first-order chi connectivity index (χ1) is 11.6. The fourth-order valence-corrected chi connectivity index (χ4v) is 2.95. The number of hydrogen-bond acceptors (Lipinski definition) is 5. The summed E-state index contributed by atoms with van der Waals surface area (Å²) in [5.41, 5.74) is 1.11. The predicted molar refractivity (Wildman–Crippen MR) is 112 cm³/mol. The number of nitrogens with zero attached hydrogens (tertiary/aromatic N) is 3. The number of halogens is 1. The van der Waals surface area contributed by atoms with Crippen molar-refractivity contribution in [3.05, 3.63) is 23.9 Å². The molecule has 1 saturated heterocycles. The van der Waals surface area contributed by atoms with Gasteiger partial charge in [0.15, 0.2) is 5.96 Å². The molecule has 1 atom stereocenters. The quantitative estimate of drug-likeness (QED) is 0.321. The maximum absolute atomic E-state index is 9.31. The summed E-state index contributed by atoms with van der Waals surface area (Å²) in [5, 5.41) is 16.0. The SMILES string of the molecule is CN=C(NCc1cccnc1N(C)C)NCC1(CCO)CCOC1.I. The first kappa shape index (κ1) is 21.9. The lowest BCUT2D eigenvalue weighted by molar-refractivity contribution is 0.127. The van der Waals surface area contributed by atoms with E-state index in [1.54, 1.807) is 13.2 Å². The van der Waals surface area contributed by atoms with Crippen LogP contribution < -0.4 is 15.5 Å². The third-order valence-electron chi connectivity index (χ3n) is 4.42. The van der Waals surface area contributed by atoms with Crippen molar-refractivity contribution in [1.82, 2.24) is 15.6 Å². The molecule has 142 valence electrons. The standard InChI is InChI=1S/C17H29N5O2.HI/c1-18-16(21-12-17(6-9-23)7-10-24-13-17)20-11-14-5-4-8-19-15(14)22(2)3;/h4-5,8,23H,6-7,9-13H2,1-3H3,(H2,18,20,21);1H. The van der Waals surface area contributed by atoms with Gasteiger partial charge in [-0.25, -0.2) is 4.98 Å². The van der Waals surface area contributed by atoms with E-state index in [0.717, 1.165) is 43.3 Å². The topological polar surface area (TPSA) is 82.0 Å². The lowest BCUT2D eigenvalue weighted by atomic mass is 9.84. The molecule has 0 spiro atoms. The molecule has 1 aromatic heterocycles. The zero-order chi connectivity index (χ0) is 17.4. The summed E-state index contributed by atoms with van der Waals surface area (Å²) in [5.74, 6) is 1.69. The Morgan fingerprint density at radius 1 is 1.44 bits per heavy atom. The fourth-order valence-electron chi connectivity index (χ4n) is 2.95. The van der Waals surface area contributed by atoms with Crippen LogP contribution in [0.15, 0.2) is 23.3 Å². The number of rotatable bonds is 7. The number of aliphatic hydroxyl groups is 1. The zero-order valence-electron chi connectivity index (χ0n) is 15.3. The third kappa shape index (κ3) is 6.27. The molecule has 2 heterocycles. The molecule has 1 fully saturated rings. The molecule has 1 aliphatic rings. The molecule has 3 N–H and O–H groups in total. The summed E-state index contributed by atoms with van der Waals surface area (Å²) < 4.78 is 5.53. The van der Waals surface area contributed by atoms with Gasteiger partial charge in [0.05, 0.1) is 6.61 Å². The molecular weight excluding hydrogens is 433 g/mol. The molecular formula is C17H30IN5O2. The van der Waals surface area contributed by atoms with Crippen molar-refractivity contribution in [2.45, 2.75) is 19.4 Å². The van der Waals surface area contributed by atoms with Gasteiger partial charge in [-0.1, -0.05) is 6.07 Å². The Bertz CT molecular complexity index is 548. The first-order valence-electron chi connectivity index (χ1n) is 8.34. The normalized spacial score (nSPS) is 20.1. The van der Waals surface area contributed by atoms with E-state index in [-0.39, 0.29) is 36.0 Å². The molecule has 0 amide bonds. The summed E-state index contributed by atoms with van der Waals surface area (Å²) >= 11 is 0. The summed E-state index contributed by atoms with van der Waals surface area (Å²) in [6.45, 7) is 3.00. The minimum absolute atomic E-state index is 0. The van der Waals surface area contributed by atoms with Gasteiger partial charge >= 0.3 is 0 Å². The number of ether oxygens (including phenoxy) is 1. The van der Waals surface area contributed by atoms with Gasteiger partial charge in [0, 0.05) is 64.6 Å². The van der Waals surface area contributed by atoms with E-state index in [2.05, 4.69) is 26.7 Å². The van der Waals surface area contributed by atoms with Crippen molar-refractivity contribution < 1.29 is 9.84 Å². The summed E-state index contributed by atoms with van der Waals surface area (Å²) in [4.78, 5) is 10.7. The van der Waals surface area contributed by atoms with E-state index in [0.29, 0.717) is 13.2 Å². The monoisotopic (exact) mass is 463 g/mol. The highest BCUT2D eigenvalue weighted by molar-refractivity contribution is 14.0. The van der Waals surface area contributed by atoms with Crippen LogP contribution in [0.25, 0.3) is 0 Å². The van der Waals surface area contributed by atoms with Crippen LogP contribution in [0, 0.1) is 5.41 Å². The van der Waals surface area contributed by atoms with E-state index < -0.39 is 0 Å². The number of anilines is 1. The van der Waals surface area contributed by atoms with E-state index in [4.69, 9.17) is 4.74 Å². The van der Waals surface area contributed by atoms with Crippen LogP contribution >= 0.6 is 24.0 Å². The highest BCUT2D eigenvalue weighted by Gasteiger charge is 2.34. The van der Waals surface area contributed by atoms with Gasteiger partial charge in [0.1, 0.15) is 5.82 Å². The molecule has 0 bridgehead atoms. The number of aliphatic hydroxyl groups excluding tert-OH is 1. The van der Waals surface area contributed by atoms with Crippen LogP contribution in [0.5, 0.6) is 0 Å². The number of guanidine groups is 1. The summed E-state index contributed by atoms with van der Waals surface area (Å²) in [6, 6.07) is 3.99. The maximum atomic E-state index is 9.31. The van der Waals surface area contributed by atoms with E-state index >= 15 is 0 Å². The van der Waals surface area contributed by atoms with Crippen LogP contribution in [0.1, 0.15) is 18.4 Å². The summed E-state index contributed by atoms with van der Waals surface area (Å²) in [6.07, 6.45) is 3.50. The molecule has 0 aromatic carbocycles. The Morgan fingerprint density at radius 3 is 2.84 bits per heavy atom. The number of pyridine rings is 1. The summed E-state index contributed by atoms with van der Waals surface area (Å²) in [7, 11) is 5.73. The molecule has 25 heavy (non-hydrogen) atoms. The van der Waals surface area contributed by atoms with E-state index in [9.17, 15) is 5.11 Å². The Kier molecular flexibility index (Phi) is 9.44. The Hall–Kier alpha value is -1.13. The van der Waals surface area contributed by atoms with E-state index in [1.165, 1.54) is 0 Å². The van der Waals surface area contributed by atoms with Gasteiger partial charge in [-0.2, -0.15) is 0 Å². The number of aromatic nitrogens is 1. The van der Waals surface area contributed by atoms with Gasteiger partial charge in [-0.05, 0) is 18.9 Å². The van der Waals surface area contributed by atoms with Crippen LogP contribution in [-0.4, -0.2) is 63.6 Å². The Morgan fingerprint density at radius 2 is 2.24 bits per heavy atom. The molecule has 2 rings (SSSR count). The molecule has 1 unspecified atom stereocenters. The van der Waals surface area contributed by atoms with Crippen molar-refractivity contribution in [2.24, 2.45) is 10.4 Å². The second kappa shape index (κ2) is 10.8. The van der Waals surface area contributed by atoms with Crippen molar-refractivity contribution in [1.29, 1.82) is 0 Å². The number of nitrogens with one attached hydrogen (secondary N) is 2. The lowest BCUT2D eigenvalue weighted by Crippen LogP contribution is -2.44. The first-order valence-corrected chi connectivity index (χ1v) is 8.34. The molecule has 8 heteroatoms. The Labute approximate surface area is 167 Å². The van der Waals surface area contributed by atoms with Crippen LogP contribution in [0.3, 0.4) is 0 Å². The molecule has 1 aromatic rings. The van der Waals surface area contributed by atoms with E-state index in [1.807, 2.05) is 25.1 Å². The molecule has 0 saturated carbocycles. The van der Waals surface area contributed by atoms with Crippen molar-refractivity contribution in [2.75, 3.05) is 52.4 Å². The second-order valence-corrected chi connectivity index (χ2v) is 6.44. The van der Waals surface area contributed by atoms with Crippen LogP contribution in [0.2, 0.25) is 0 Å². The van der Waals surface area contributed by atoms with Crippen LogP contribution in [-0.2, 0) is 11.3 Å². The highest BCUT2D eigenvalue weighted by atomic mass is 127. The molecule has 1 aliphatic heterocycles. The largest absolute Gasteiger partial charge is 0.396 e. The van der Waals surface area contributed by atoms with Gasteiger partial charge in [0.2, 0.25) is 0 Å². The molecule has 0 radical (unpaired) electrons. The van der Waals surface area contributed by atoms with Gasteiger partial charge < -0.3 is 25.4 Å². The van der Waals surface area contributed by atoms with Gasteiger partial charge in [-0.15, -0.1) is 24.0 Å². The van der Waals surface area contributed by atoms with Gasteiger partial charge in [-0.3, -0.25) is 4.99 Å². The highest BCUT2D eigenvalue weighted by Crippen LogP contribution is 2.31. The third-order valence-corrected chi connectivity index (χ3v) is 4.42. The lowest BCUT2D eigenvalue weighted by Gasteiger charge is -2.27. The Balaban J connectivity index is 0.00000312. The second-order valence-electron chi connectivity index (χ2n) is 6.44. The van der Waals surface area contributed by atoms with Crippen LogP contribution in [0.4, 0.5) is 5.82 Å². The predicted octanol–water partition coefficient (Wildman–Crippen LogP) is 1.22. The minimum Gasteiger partial charge on any atom is -0.396 e. The smallest absolute Gasteiger partial charge is 0.191 e. The fraction of sp³-hybridized carbons (Fsp3) is 0.647. The minimum atomic E-state index is -0.00449. The molecule has 0 aliphatic carbocycles. The average Bonchev–Trinajstić information content (AvgIpc) is 3.04. The maximum Gasteiger partial charge on any atom is 0.191 e. The molecule has 7 nitrogen and oxygen atoms in total. The van der Waals surface area contributed by atoms with Crippen molar-refractivity contribution >= 4 is 35.8 Å².